The van der Waals surface area contributed by atoms with E-state index in [2.05, 4.69) is 21.2 Å². The first-order valence-corrected chi connectivity index (χ1v) is 6.92. The second-order valence-electron chi connectivity index (χ2n) is 4.61. The highest BCUT2D eigenvalue weighted by molar-refractivity contribution is 9.10. The predicted molar refractivity (Wildman–Crippen MR) is 75.7 cm³/mol. The van der Waals surface area contributed by atoms with Gasteiger partial charge >= 0.3 is 5.97 Å². The molecule has 0 unspecified atom stereocenters. The number of rotatable bonds is 3. The monoisotopic (exact) mass is 341 g/mol. The number of amides is 1. The molecule has 106 valence electrons. The molecule has 1 amide bonds. The van der Waals surface area contributed by atoms with Crippen molar-refractivity contribution in [1.29, 1.82) is 0 Å². The predicted octanol–water partition coefficient (Wildman–Crippen LogP) is 3.19. The Labute approximate surface area is 123 Å². The number of carbonyl (C=O) groups excluding carboxylic acids is 1. The van der Waals surface area contributed by atoms with Crippen LogP contribution in [0.4, 0.5) is 10.1 Å². The normalized spacial score (nSPS) is 21.5. The van der Waals surface area contributed by atoms with Crippen LogP contribution in [0.2, 0.25) is 0 Å². The van der Waals surface area contributed by atoms with Crippen LogP contribution in [0.15, 0.2) is 34.8 Å². The van der Waals surface area contributed by atoms with E-state index in [1.165, 1.54) is 12.1 Å². The molecule has 0 saturated heterocycles. The van der Waals surface area contributed by atoms with Crippen LogP contribution in [0.25, 0.3) is 0 Å². The quantitative estimate of drug-likeness (QED) is 0.829. The molecular weight excluding hydrogens is 329 g/mol. The van der Waals surface area contributed by atoms with Crippen molar-refractivity contribution in [2.24, 2.45) is 11.8 Å². The second kappa shape index (κ2) is 6.17. The van der Waals surface area contributed by atoms with E-state index in [1.807, 2.05) is 0 Å². The highest BCUT2D eigenvalue weighted by Crippen LogP contribution is 2.28. The van der Waals surface area contributed by atoms with Gasteiger partial charge in [0.2, 0.25) is 5.91 Å². The molecular formula is C14H13BrFNO3. The zero-order valence-electron chi connectivity index (χ0n) is 10.5. The van der Waals surface area contributed by atoms with Gasteiger partial charge in [-0.1, -0.05) is 28.1 Å². The van der Waals surface area contributed by atoms with E-state index in [9.17, 15) is 14.0 Å². The zero-order chi connectivity index (χ0) is 14.7. The van der Waals surface area contributed by atoms with Crippen LogP contribution >= 0.6 is 15.9 Å². The van der Waals surface area contributed by atoms with E-state index in [0.717, 1.165) is 0 Å². The van der Waals surface area contributed by atoms with Crippen molar-refractivity contribution < 1.29 is 19.1 Å². The first-order chi connectivity index (χ1) is 9.49. The molecule has 1 aromatic rings. The molecule has 1 aliphatic rings. The average molecular weight is 342 g/mol. The minimum absolute atomic E-state index is 0.0527. The molecule has 2 rings (SSSR count). The number of benzene rings is 1. The van der Waals surface area contributed by atoms with Gasteiger partial charge < -0.3 is 10.4 Å². The van der Waals surface area contributed by atoms with Crippen LogP contribution < -0.4 is 5.32 Å². The minimum atomic E-state index is -1.01. The summed E-state index contributed by atoms with van der Waals surface area (Å²) in [4.78, 5) is 23.3. The van der Waals surface area contributed by atoms with Gasteiger partial charge in [-0.15, -0.1) is 0 Å². The van der Waals surface area contributed by atoms with Gasteiger partial charge in [-0.3, -0.25) is 9.59 Å². The van der Waals surface area contributed by atoms with Crippen LogP contribution in [-0.2, 0) is 9.59 Å². The number of carboxylic acids is 1. The lowest BCUT2D eigenvalue weighted by molar-refractivity contribution is -0.146. The SMILES string of the molecule is O=C(Nc1ccc(Br)cc1F)[C@H]1CC=CC[C@H]1C(=O)O. The van der Waals surface area contributed by atoms with Gasteiger partial charge in [0.25, 0.3) is 0 Å². The molecule has 2 N–H and O–H groups in total. The first-order valence-electron chi connectivity index (χ1n) is 6.12. The van der Waals surface area contributed by atoms with Crippen molar-refractivity contribution in [3.63, 3.8) is 0 Å². The summed E-state index contributed by atoms with van der Waals surface area (Å²) in [5.74, 6) is -3.49. The minimum Gasteiger partial charge on any atom is -0.481 e. The van der Waals surface area contributed by atoms with Gasteiger partial charge in [0, 0.05) is 4.47 Å². The van der Waals surface area contributed by atoms with Gasteiger partial charge in [-0.2, -0.15) is 0 Å². The summed E-state index contributed by atoms with van der Waals surface area (Å²) < 4.78 is 14.2. The second-order valence-corrected chi connectivity index (χ2v) is 5.52. The maximum Gasteiger partial charge on any atom is 0.307 e. The Bertz CT molecular complexity index is 574. The van der Waals surface area contributed by atoms with Crippen molar-refractivity contribution in [1.82, 2.24) is 0 Å². The standard InChI is InChI=1S/C14H13BrFNO3/c15-8-5-6-12(11(16)7-8)17-13(18)9-3-1-2-4-10(9)14(19)20/h1-2,5-7,9-10H,3-4H2,(H,17,18)(H,19,20)/t9-,10+/m0/s1. The Morgan fingerprint density at radius 1 is 1.25 bits per heavy atom. The molecule has 0 radical (unpaired) electrons. The Balaban J connectivity index is 2.14. The highest BCUT2D eigenvalue weighted by Gasteiger charge is 2.34. The summed E-state index contributed by atoms with van der Waals surface area (Å²) >= 11 is 3.13. The molecule has 6 heteroatoms. The third kappa shape index (κ3) is 3.25. The van der Waals surface area contributed by atoms with Crippen molar-refractivity contribution in [2.45, 2.75) is 12.8 Å². The summed E-state index contributed by atoms with van der Waals surface area (Å²) in [5.41, 5.74) is 0.0527. The summed E-state index contributed by atoms with van der Waals surface area (Å²) in [6.45, 7) is 0. The van der Waals surface area contributed by atoms with Crippen LogP contribution in [0.3, 0.4) is 0 Å². The number of hydrogen-bond acceptors (Lipinski definition) is 2. The lowest BCUT2D eigenvalue weighted by Gasteiger charge is -2.24. The van der Waals surface area contributed by atoms with Crippen molar-refractivity contribution in [3.8, 4) is 0 Å². The van der Waals surface area contributed by atoms with Crippen molar-refractivity contribution in [2.75, 3.05) is 5.32 Å². The third-order valence-electron chi connectivity index (χ3n) is 3.28. The van der Waals surface area contributed by atoms with E-state index in [4.69, 9.17) is 5.11 Å². The van der Waals surface area contributed by atoms with E-state index in [0.29, 0.717) is 17.3 Å². The zero-order valence-corrected chi connectivity index (χ0v) is 12.1. The van der Waals surface area contributed by atoms with E-state index in [1.54, 1.807) is 18.2 Å². The molecule has 1 aliphatic carbocycles. The van der Waals surface area contributed by atoms with Crippen LogP contribution in [0.5, 0.6) is 0 Å². The molecule has 0 bridgehead atoms. The Hall–Kier alpha value is -1.69. The fourth-order valence-corrected chi connectivity index (χ4v) is 2.53. The topological polar surface area (TPSA) is 66.4 Å². The number of carboxylic acid groups (broad SMARTS) is 1. The average Bonchev–Trinajstić information content (AvgIpc) is 2.41. The summed E-state index contributed by atoms with van der Waals surface area (Å²) in [6, 6.07) is 4.28. The molecule has 20 heavy (non-hydrogen) atoms. The fraction of sp³-hybridized carbons (Fsp3) is 0.286. The lowest BCUT2D eigenvalue weighted by Crippen LogP contribution is -2.34. The molecule has 0 spiro atoms. The molecule has 0 fully saturated rings. The Morgan fingerprint density at radius 2 is 1.90 bits per heavy atom. The Kier molecular flexibility index (Phi) is 4.54. The maximum atomic E-state index is 13.7. The number of carbonyl (C=O) groups is 2. The number of allylic oxidation sites excluding steroid dienone is 2. The van der Waals surface area contributed by atoms with Gasteiger partial charge in [-0.05, 0) is 31.0 Å². The van der Waals surface area contributed by atoms with E-state index in [-0.39, 0.29) is 5.69 Å². The maximum absolute atomic E-state index is 13.7. The van der Waals surface area contributed by atoms with Crippen molar-refractivity contribution >= 4 is 33.5 Å². The highest BCUT2D eigenvalue weighted by atomic mass is 79.9. The number of halogens is 2. The fourth-order valence-electron chi connectivity index (χ4n) is 2.19. The van der Waals surface area contributed by atoms with Gasteiger partial charge in [0.15, 0.2) is 0 Å². The summed E-state index contributed by atoms with van der Waals surface area (Å²) in [6.07, 6.45) is 4.20. The van der Waals surface area contributed by atoms with E-state index < -0.39 is 29.5 Å². The molecule has 1 aromatic carbocycles. The number of nitrogens with one attached hydrogen (secondary N) is 1. The first kappa shape index (κ1) is 14.7. The van der Waals surface area contributed by atoms with Crippen molar-refractivity contribution in [3.05, 3.63) is 40.6 Å². The molecule has 0 aliphatic heterocycles. The number of anilines is 1. The third-order valence-corrected chi connectivity index (χ3v) is 3.77. The van der Waals surface area contributed by atoms with Gasteiger partial charge in [0.1, 0.15) is 5.82 Å². The molecule has 0 aromatic heterocycles. The van der Waals surface area contributed by atoms with Gasteiger partial charge in [-0.25, -0.2) is 4.39 Å². The van der Waals surface area contributed by atoms with E-state index >= 15 is 0 Å². The number of aliphatic carboxylic acids is 1. The number of hydrogen-bond donors (Lipinski definition) is 2. The molecule has 0 heterocycles. The molecule has 4 nitrogen and oxygen atoms in total. The van der Waals surface area contributed by atoms with Crippen LogP contribution in [0, 0.1) is 17.7 Å². The van der Waals surface area contributed by atoms with Gasteiger partial charge in [0.05, 0.1) is 17.5 Å². The molecule has 0 saturated carbocycles. The Morgan fingerprint density at radius 3 is 2.50 bits per heavy atom. The van der Waals surface area contributed by atoms with Crippen LogP contribution in [0.1, 0.15) is 12.8 Å². The summed E-state index contributed by atoms with van der Waals surface area (Å²) in [7, 11) is 0. The lowest BCUT2D eigenvalue weighted by atomic mass is 9.82. The molecule has 2 atom stereocenters. The van der Waals surface area contributed by atoms with Crippen LogP contribution in [-0.4, -0.2) is 17.0 Å². The summed E-state index contributed by atoms with van der Waals surface area (Å²) in [5, 5.41) is 11.6. The largest absolute Gasteiger partial charge is 0.481 e. The smallest absolute Gasteiger partial charge is 0.307 e.